The van der Waals surface area contributed by atoms with Crippen LogP contribution in [0.25, 0.3) is 0 Å². The Morgan fingerprint density at radius 1 is 1.30 bits per heavy atom. The summed E-state index contributed by atoms with van der Waals surface area (Å²) < 4.78 is 5.53. The molecule has 0 radical (unpaired) electrons. The van der Waals surface area contributed by atoms with Crippen LogP contribution in [0.5, 0.6) is 11.6 Å². The summed E-state index contributed by atoms with van der Waals surface area (Å²) in [5.41, 5.74) is 5.69. The minimum absolute atomic E-state index is 0.00576. The molecule has 0 saturated heterocycles. The van der Waals surface area contributed by atoms with Gasteiger partial charge in [-0.15, -0.1) is 0 Å². The van der Waals surface area contributed by atoms with Gasteiger partial charge in [-0.05, 0) is 18.6 Å². The van der Waals surface area contributed by atoms with Crippen molar-refractivity contribution in [3.63, 3.8) is 0 Å². The Hall–Kier alpha value is -2.70. The highest BCUT2D eigenvalue weighted by molar-refractivity contribution is 5.39. The van der Waals surface area contributed by atoms with Gasteiger partial charge in [0.05, 0.1) is 4.92 Å². The summed E-state index contributed by atoms with van der Waals surface area (Å²) in [6.07, 6.45) is 1.61. The molecule has 0 atom stereocenters. The fourth-order valence-electron chi connectivity index (χ4n) is 1.64. The van der Waals surface area contributed by atoms with Crippen LogP contribution < -0.4 is 10.5 Å². The van der Waals surface area contributed by atoms with Gasteiger partial charge in [-0.2, -0.15) is 4.98 Å². The van der Waals surface area contributed by atoms with Crippen LogP contribution in [-0.4, -0.2) is 14.9 Å². The maximum absolute atomic E-state index is 10.6. The second-order valence-electron chi connectivity index (χ2n) is 4.15. The Morgan fingerprint density at radius 3 is 2.60 bits per heavy atom. The molecule has 2 N–H and O–H groups in total. The first-order valence-electron chi connectivity index (χ1n) is 6.14. The molecule has 7 nitrogen and oxygen atoms in total. The van der Waals surface area contributed by atoms with Crippen molar-refractivity contribution in [2.75, 3.05) is 5.73 Å². The lowest BCUT2D eigenvalue weighted by atomic mass is 10.3. The summed E-state index contributed by atoms with van der Waals surface area (Å²) >= 11 is 0. The van der Waals surface area contributed by atoms with E-state index in [1.807, 2.05) is 6.92 Å². The zero-order valence-corrected chi connectivity index (χ0v) is 10.9. The van der Waals surface area contributed by atoms with E-state index in [9.17, 15) is 10.1 Å². The smallest absolute Gasteiger partial charge is 0.269 e. The van der Waals surface area contributed by atoms with Crippen LogP contribution in [0.3, 0.4) is 0 Å². The van der Waals surface area contributed by atoms with E-state index in [0.717, 1.165) is 6.42 Å². The van der Waals surface area contributed by atoms with E-state index in [-0.39, 0.29) is 5.69 Å². The first kappa shape index (κ1) is 13.7. The number of nitrogens with two attached hydrogens (primary N) is 1. The van der Waals surface area contributed by atoms with Gasteiger partial charge in [-0.25, -0.2) is 4.98 Å². The van der Waals surface area contributed by atoms with Gasteiger partial charge in [-0.3, -0.25) is 10.1 Å². The minimum atomic E-state index is -0.466. The predicted molar refractivity (Wildman–Crippen MR) is 73.6 cm³/mol. The molecule has 0 bridgehead atoms. The molecular formula is C13H14N4O3. The second-order valence-corrected chi connectivity index (χ2v) is 4.15. The van der Waals surface area contributed by atoms with Gasteiger partial charge in [-0.1, -0.05) is 6.92 Å². The summed E-state index contributed by atoms with van der Waals surface area (Å²) in [6, 6.07) is 7.27. The van der Waals surface area contributed by atoms with Crippen LogP contribution in [0.1, 0.15) is 19.2 Å². The first-order valence-corrected chi connectivity index (χ1v) is 6.14. The second kappa shape index (κ2) is 5.96. The average Bonchev–Trinajstić information content (AvgIpc) is 2.39. The highest BCUT2D eigenvalue weighted by Crippen LogP contribution is 2.23. The number of nitro benzene ring substituents is 1. The molecule has 1 aromatic carbocycles. The van der Waals surface area contributed by atoms with Crippen molar-refractivity contribution < 1.29 is 9.66 Å². The highest BCUT2D eigenvalue weighted by Gasteiger charge is 2.07. The SMILES string of the molecule is CCCc1nc(N)cc(Oc2ccc([N+](=O)[O-])cc2)n1. The molecule has 0 spiro atoms. The molecule has 0 amide bonds. The lowest BCUT2D eigenvalue weighted by Gasteiger charge is -2.07. The number of nitro groups is 1. The fourth-order valence-corrected chi connectivity index (χ4v) is 1.64. The molecule has 7 heteroatoms. The summed E-state index contributed by atoms with van der Waals surface area (Å²) in [5, 5.41) is 10.6. The molecule has 0 unspecified atom stereocenters. The number of rotatable bonds is 5. The summed E-state index contributed by atoms with van der Waals surface area (Å²) in [6.45, 7) is 2.02. The number of nitrogen functional groups attached to an aromatic ring is 1. The standard InChI is InChI=1S/C13H14N4O3/c1-2-3-12-15-11(14)8-13(16-12)20-10-6-4-9(5-7-10)17(18)19/h4-8H,2-3H2,1H3,(H2,14,15,16). The van der Waals surface area contributed by atoms with Crippen LogP contribution in [0.2, 0.25) is 0 Å². The lowest BCUT2D eigenvalue weighted by Crippen LogP contribution is -2.01. The maximum Gasteiger partial charge on any atom is 0.269 e. The Labute approximate surface area is 115 Å². The van der Waals surface area contributed by atoms with Crippen molar-refractivity contribution in [3.05, 3.63) is 46.3 Å². The summed E-state index contributed by atoms with van der Waals surface area (Å²) in [7, 11) is 0. The Kier molecular flexibility index (Phi) is 4.09. The summed E-state index contributed by atoms with van der Waals surface area (Å²) in [5.74, 6) is 1.73. The van der Waals surface area contributed by atoms with Gasteiger partial charge in [0.15, 0.2) is 0 Å². The number of non-ortho nitro benzene ring substituents is 1. The topological polar surface area (TPSA) is 104 Å². The predicted octanol–water partition coefficient (Wildman–Crippen LogP) is 2.71. The maximum atomic E-state index is 10.6. The third-order valence-corrected chi connectivity index (χ3v) is 2.51. The van der Waals surface area contributed by atoms with E-state index in [4.69, 9.17) is 10.5 Å². The van der Waals surface area contributed by atoms with Crippen LogP contribution in [0.15, 0.2) is 30.3 Å². The molecule has 2 rings (SSSR count). The Bertz CT molecular complexity index is 614. The van der Waals surface area contributed by atoms with Crippen molar-refractivity contribution in [2.24, 2.45) is 0 Å². The van der Waals surface area contributed by atoms with E-state index in [2.05, 4.69) is 9.97 Å². The highest BCUT2D eigenvalue weighted by atomic mass is 16.6. The van der Waals surface area contributed by atoms with E-state index >= 15 is 0 Å². The largest absolute Gasteiger partial charge is 0.439 e. The van der Waals surface area contributed by atoms with Crippen LogP contribution in [-0.2, 0) is 6.42 Å². The van der Waals surface area contributed by atoms with Gasteiger partial charge < -0.3 is 10.5 Å². The molecule has 1 aromatic heterocycles. The summed E-state index contributed by atoms with van der Waals surface area (Å²) in [4.78, 5) is 18.4. The number of benzene rings is 1. The van der Waals surface area contributed by atoms with Crippen molar-refractivity contribution in [1.29, 1.82) is 0 Å². The quantitative estimate of drug-likeness (QED) is 0.664. The molecule has 0 saturated carbocycles. The van der Waals surface area contributed by atoms with Crippen molar-refractivity contribution in [2.45, 2.75) is 19.8 Å². The van der Waals surface area contributed by atoms with Gasteiger partial charge >= 0.3 is 0 Å². The van der Waals surface area contributed by atoms with E-state index < -0.39 is 4.92 Å². The third kappa shape index (κ3) is 3.41. The van der Waals surface area contributed by atoms with Gasteiger partial charge in [0.2, 0.25) is 5.88 Å². The third-order valence-electron chi connectivity index (χ3n) is 2.51. The number of aryl methyl sites for hydroxylation is 1. The molecule has 20 heavy (non-hydrogen) atoms. The van der Waals surface area contributed by atoms with Crippen molar-refractivity contribution in [3.8, 4) is 11.6 Å². The normalized spacial score (nSPS) is 10.2. The molecule has 0 fully saturated rings. The van der Waals surface area contributed by atoms with E-state index in [1.165, 1.54) is 30.3 Å². The van der Waals surface area contributed by atoms with E-state index in [1.54, 1.807) is 0 Å². The monoisotopic (exact) mass is 274 g/mol. The zero-order valence-electron chi connectivity index (χ0n) is 10.9. The Balaban J connectivity index is 2.18. The van der Waals surface area contributed by atoms with Crippen LogP contribution >= 0.6 is 0 Å². The number of hydrogen-bond donors (Lipinski definition) is 1. The average molecular weight is 274 g/mol. The van der Waals surface area contributed by atoms with Gasteiger partial charge in [0, 0.05) is 24.6 Å². The fraction of sp³-hybridized carbons (Fsp3) is 0.231. The Morgan fingerprint density at radius 2 is 2.00 bits per heavy atom. The van der Waals surface area contributed by atoms with Crippen LogP contribution in [0.4, 0.5) is 11.5 Å². The number of hydrogen-bond acceptors (Lipinski definition) is 6. The number of nitrogens with zero attached hydrogens (tertiary/aromatic N) is 3. The molecule has 0 aliphatic heterocycles. The molecule has 104 valence electrons. The zero-order chi connectivity index (χ0) is 14.5. The van der Waals surface area contributed by atoms with Gasteiger partial charge in [0.1, 0.15) is 17.4 Å². The minimum Gasteiger partial charge on any atom is -0.439 e. The van der Waals surface area contributed by atoms with Crippen molar-refractivity contribution >= 4 is 11.5 Å². The van der Waals surface area contributed by atoms with Gasteiger partial charge in [0.25, 0.3) is 5.69 Å². The number of ether oxygens (including phenoxy) is 1. The molecule has 1 heterocycles. The number of anilines is 1. The van der Waals surface area contributed by atoms with Crippen LogP contribution in [0, 0.1) is 10.1 Å². The first-order chi connectivity index (χ1) is 9.58. The molecular weight excluding hydrogens is 260 g/mol. The van der Waals surface area contributed by atoms with Crippen molar-refractivity contribution in [1.82, 2.24) is 9.97 Å². The number of aromatic nitrogens is 2. The molecule has 0 aliphatic rings. The van der Waals surface area contributed by atoms with E-state index in [0.29, 0.717) is 29.7 Å². The molecule has 2 aromatic rings. The lowest BCUT2D eigenvalue weighted by molar-refractivity contribution is -0.384. The molecule has 0 aliphatic carbocycles.